The van der Waals surface area contributed by atoms with E-state index in [0.717, 1.165) is 46.9 Å². The van der Waals surface area contributed by atoms with Crippen molar-refractivity contribution in [3.05, 3.63) is 54.7 Å². The number of amides is 2. The maximum Gasteiger partial charge on any atom is 0.322 e. The van der Waals surface area contributed by atoms with Gasteiger partial charge in [-0.1, -0.05) is 18.2 Å². The third kappa shape index (κ3) is 3.51. The van der Waals surface area contributed by atoms with Crippen molar-refractivity contribution in [2.45, 2.75) is 0 Å². The van der Waals surface area contributed by atoms with Gasteiger partial charge < -0.3 is 24.6 Å². The van der Waals surface area contributed by atoms with E-state index < -0.39 is 0 Å². The Hall–Kier alpha value is -3.48. The van der Waals surface area contributed by atoms with E-state index in [9.17, 15) is 4.79 Å². The Bertz CT molecular complexity index is 1040. The zero-order valence-electron chi connectivity index (χ0n) is 16.0. The Morgan fingerprint density at radius 3 is 2.59 bits per heavy atom. The van der Waals surface area contributed by atoms with Crippen molar-refractivity contribution in [2.24, 2.45) is 0 Å². The fraction of sp³-hybridized carbons (Fsp3) is 0.273. The lowest BCUT2D eigenvalue weighted by Crippen LogP contribution is -2.50. The zero-order chi connectivity index (χ0) is 19.6. The molecule has 0 spiro atoms. The number of fused-ring (bicyclic) bond motifs is 2. The van der Waals surface area contributed by atoms with Gasteiger partial charge in [0.2, 0.25) is 0 Å². The fourth-order valence-electron chi connectivity index (χ4n) is 3.80. The lowest BCUT2D eigenvalue weighted by Gasteiger charge is -2.36. The van der Waals surface area contributed by atoms with Crippen LogP contribution in [0.15, 0.2) is 54.7 Å². The average Bonchev–Trinajstić information content (AvgIpc) is 2.79. The third-order valence-corrected chi connectivity index (χ3v) is 5.33. The predicted octanol–water partition coefficient (Wildman–Crippen LogP) is 3.36. The highest BCUT2D eigenvalue weighted by molar-refractivity contribution is 5.99. The first-order valence-corrected chi connectivity index (χ1v) is 9.82. The quantitative estimate of drug-likeness (QED) is 0.727. The topological polar surface area (TPSA) is 66.9 Å². The minimum absolute atomic E-state index is 0.0926. The van der Waals surface area contributed by atoms with E-state index in [-0.39, 0.29) is 6.03 Å². The van der Waals surface area contributed by atoms with Crippen LogP contribution in [0.4, 0.5) is 16.2 Å². The maximum absolute atomic E-state index is 12.8. The number of hydrogen-bond donors (Lipinski definition) is 1. The molecule has 148 valence electrons. The van der Waals surface area contributed by atoms with Crippen molar-refractivity contribution >= 4 is 28.3 Å². The van der Waals surface area contributed by atoms with Crippen LogP contribution in [0.3, 0.4) is 0 Å². The molecule has 3 aromatic rings. The van der Waals surface area contributed by atoms with Crippen LogP contribution in [0.1, 0.15) is 0 Å². The van der Waals surface area contributed by atoms with Crippen LogP contribution in [-0.2, 0) is 0 Å². The van der Waals surface area contributed by atoms with Crippen molar-refractivity contribution in [1.29, 1.82) is 0 Å². The van der Waals surface area contributed by atoms with Gasteiger partial charge in [0.1, 0.15) is 13.2 Å². The molecule has 2 amide bonds. The van der Waals surface area contributed by atoms with Gasteiger partial charge in [0, 0.05) is 49.5 Å². The van der Waals surface area contributed by atoms with Gasteiger partial charge in [-0.15, -0.1) is 0 Å². The smallest absolute Gasteiger partial charge is 0.322 e. The molecule has 1 N–H and O–H groups in total. The molecule has 7 heteroatoms. The van der Waals surface area contributed by atoms with E-state index >= 15 is 0 Å². The maximum atomic E-state index is 12.8. The second kappa shape index (κ2) is 7.50. The summed E-state index contributed by atoms with van der Waals surface area (Å²) in [4.78, 5) is 21.3. The van der Waals surface area contributed by atoms with E-state index in [0.29, 0.717) is 26.3 Å². The van der Waals surface area contributed by atoms with Gasteiger partial charge >= 0.3 is 6.03 Å². The minimum atomic E-state index is -0.0926. The second-order valence-electron chi connectivity index (χ2n) is 7.11. The van der Waals surface area contributed by atoms with Crippen LogP contribution in [0.2, 0.25) is 0 Å². The largest absolute Gasteiger partial charge is 0.486 e. The van der Waals surface area contributed by atoms with Crippen molar-refractivity contribution in [3.63, 3.8) is 0 Å². The van der Waals surface area contributed by atoms with Crippen LogP contribution in [-0.4, -0.2) is 55.3 Å². The van der Waals surface area contributed by atoms with Gasteiger partial charge in [-0.3, -0.25) is 4.98 Å². The zero-order valence-corrected chi connectivity index (χ0v) is 16.0. The van der Waals surface area contributed by atoms with E-state index in [4.69, 9.17) is 9.47 Å². The molecule has 0 bridgehead atoms. The lowest BCUT2D eigenvalue weighted by molar-refractivity contribution is 0.171. The van der Waals surface area contributed by atoms with Crippen molar-refractivity contribution < 1.29 is 14.3 Å². The summed E-state index contributed by atoms with van der Waals surface area (Å²) in [5.41, 5.74) is 2.63. The third-order valence-electron chi connectivity index (χ3n) is 5.33. The molecule has 0 saturated carbocycles. The molecule has 1 saturated heterocycles. The minimum Gasteiger partial charge on any atom is -0.486 e. The summed E-state index contributed by atoms with van der Waals surface area (Å²) in [5, 5.41) is 4.03. The molecule has 2 aromatic carbocycles. The SMILES string of the molecule is O=C(Nc1cccc2cccnc12)N1CCN(c2ccc3c(c2)OCCO3)CC1. The molecule has 0 radical (unpaired) electrons. The lowest BCUT2D eigenvalue weighted by atomic mass is 10.2. The fourth-order valence-corrected chi connectivity index (χ4v) is 3.80. The van der Waals surface area contributed by atoms with Crippen molar-refractivity contribution in [1.82, 2.24) is 9.88 Å². The normalized spacial score (nSPS) is 16.0. The summed E-state index contributed by atoms with van der Waals surface area (Å²) < 4.78 is 11.3. The Balaban J connectivity index is 1.24. The molecule has 3 heterocycles. The molecule has 7 nitrogen and oxygen atoms in total. The number of benzene rings is 2. The van der Waals surface area contributed by atoms with Crippen molar-refractivity contribution in [2.75, 3.05) is 49.6 Å². The number of nitrogens with one attached hydrogen (secondary N) is 1. The van der Waals surface area contributed by atoms with Crippen LogP contribution in [0.5, 0.6) is 11.5 Å². The molecule has 29 heavy (non-hydrogen) atoms. The summed E-state index contributed by atoms with van der Waals surface area (Å²) in [6, 6.07) is 15.6. The van der Waals surface area contributed by atoms with Crippen LogP contribution in [0, 0.1) is 0 Å². The number of nitrogens with zero attached hydrogens (tertiary/aromatic N) is 3. The molecule has 2 aliphatic rings. The highest BCUT2D eigenvalue weighted by atomic mass is 16.6. The van der Waals surface area contributed by atoms with E-state index in [1.165, 1.54) is 0 Å². The number of hydrogen-bond acceptors (Lipinski definition) is 5. The van der Waals surface area contributed by atoms with Gasteiger partial charge in [0.05, 0.1) is 11.2 Å². The van der Waals surface area contributed by atoms with Crippen LogP contribution >= 0.6 is 0 Å². The molecule has 0 unspecified atom stereocenters. The van der Waals surface area contributed by atoms with Gasteiger partial charge in [-0.2, -0.15) is 0 Å². The number of pyridine rings is 1. The summed E-state index contributed by atoms with van der Waals surface area (Å²) in [6.07, 6.45) is 1.74. The number of piperazine rings is 1. The summed E-state index contributed by atoms with van der Waals surface area (Å²) >= 11 is 0. The number of anilines is 2. The van der Waals surface area contributed by atoms with Gasteiger partial charge in [-0.05, 0) is 24.3 Å². The molecule has 2 aliphatic heterocycles. The number of carbonyl (C=O) groups is 1. The molecule has 5 rings (SSSR count). The van der Waals surface area contributed by atoms with E-state index in [1.807, 2.05) is 53.4 Å². The first-order valence-electron chi connectivity index (χ1n) is 9.82. The molecular weight excluding hydrogens is 368 g/mol. The number of carbonyl (C=O) groups excluding carboxylic acids is 1. The summed E-state index contributed by atoms with van der Waals surface area (Å²) in [7, 11) is 0. The number of para-hydroxylation sites is 1. The second-order valence-corrected chi connectivity index (χ2v) is 7.11. The Morgan fingerprint density at radius 2 is 1.72 bits per heavy atom. The van der Waals surface area contributed by atoms with Crippen LogP contribution in [0.25, 0.3) is 10.9 Å². The highest BCUT2D eigenvalue weighted by Crippen LogP contribution is 2.34. The molecule has 1 aromatic heterocycles. The van der Waals surface area contributed by atoms with Crippen molar-refractivity contribution in [3.8, 4) is 11.5 Å². The number of rotatable bonds is 2. The Labute approximate surface area is 168 Å². The molecule has 0 aliphatic carbocycles. The summed E-state index contributed by atoms with van der Waals surface area (Å²) in [5.74, 6) is 1.58. The first-order chi connectivity index (χ1) is 14.3. The molecule has 1 fully saturated rings. The molecular formula is C22H22N4O3. The van der Waals surface area contributed by atoms with Gasteiger partial charge in [0.15, 0.2) is 11.5 Å². The number of ether oxygens (including phenoxy) is 2. The van der Waals surface area contributed by atoms with E-state index in [2.05, 4.69) is 15.2 Å². The number of aromatic nitrogens is 1. The Morgan fingerprint density at radius 1 is 0.931 bits per heavy atom. The highest BCUT2D eigenvalue weighted by Gasteiger charge is 2.23. The molecule has 0 atom stereocenters. The monoisotopic (exact) mass is 390 g/mol. The first kappa shape index (κ1) is 17.6. The standard InChI is InChI=1S/C22H22N4O3/c27-22(24-18-5-1-3-16-4-2-8-23-21(16)18)26-11-9-25(10-12-26)17-6-7-19-20(15-17)29-14-13-28-19/h1-8,15H,9-14H2,(H,24,27). The van der Waals surface area contributed by atoms with E-state index in [1.54, 1.807) is 6.20 Å². The Kier molecular flexibility index (Phi) is 4.56. The summed E-state index contributed by atoms with van der Waals surface area (Å²) in [6.45, 7) is 4.00. The predicted molar refractivity (Wildman–Crippen MR) is 112 cm³/mol. The average molecular weight is 390 g/mol. The van der Waals surface area contributed by atoms with Crippen LogP contribution < -0.4 is 19.7 Å². The van der Waals surface area contributed by atoms with Gasteiger partial charge in [-0.25, -0.2) is 4.79 Å². The van der Waals surface area contributed by atoms with Gasteiger partial charge in [0.25, 0.3) is 0 Å². The number of urea groups is 1.